The Morgan fingerprint density at radius 3 is 2.69 bits per heavy atom. The number of amides is 1. The first-order valence-electron chi connectivity index (χ1n) is 12.6. The molecule has 188 valence electrons. The second-order valence-corrected chi connectivity index (χ2v) is 9.79. The van der Waals surface area contributed by atoms with Crippen molar-refractivity contribution < 1.29 is 14.3 Å². The summed E-state index contributed by atoms with van der Waals surface area (Å²) in [6.07, 6.45) is 3.06. The standard InChI is InChI=1S/C27H37N5O3/c1-6-14-35-27(4,5)19(3)29-23-18(2)28-24(31-25(23)32-12-15-34-16-13-32)20-8-7-9-21(17-20)26(33)30-22-10-11-22/h7-9,17,22H,6,10-16H2,1-5H3,(H,30,33). The van der Waals surface area contributed by atoms with Crippen LogP contribution in [0.25, 0.3) is 11.4 Å². The summed E-state index contributed by atoms with van der Waals surface area (Å²) in [7, 11) is 0. The average Bonchev–Trinajstić information content (AvgIpc) is 3.68. The van der Waals surface area contributed by atoms with Gasteiger partial charge in [-0.05, 0) is 59.1 Å². The molecule has 1 saturated heterocycles. The van der Waals surface area contributed by atoms with Gasteiger partial charge in [-0.15, -0.1) is 0 Å². The van der Waals surface area contributed by atoms with E-state index >= 15 is 0 Å². The molecule has 1 N–H and O–H groups in total. The van der Waals surface area contributed by atoms with Gasteiger partial charge in [0.1, 0.15) is 11.3 Å². The fraction of sp³-hybridized carbons (Fsp3) is 0.556. The van der Waals surface area contributed by atoms with Crippen LogP contribution in [0.1, 0.15) is 63.0 Å². The van der Waals surface area contributed by atoms with Crippen LogP contribution in [0.15, 0.2) is 29.3 Å². The van der Waals surface area contributed by atoms with Crippen molar-refractivity contribution in [3.05, 3.63) is 35.5 Å². The van der Waals surface area contributed by atoms with E-state index in [0.717, 1.165) is 60.8 Å². The Balaban J connectivity index is 1.72. The van der Waals surface area contributed by atoms with Gasteiger partial charge in [-0.3, -0.25) is 4.79 Å². The summed E-state index contributed by atoms with van der Waals surface area (Å²) < 4.78 is 11.6. The smallest absolute Gasteiger partial charge is 0.251 e. The minimum atomic E-state index is -0.493. The van der Waals surface area contributed by atoms with E-state index in [4.69, 9.17) is 24.4 Å². The fourth-order valence-corrected chi connectivity index (χ4v) is 3.87. The molecule has 2 aromatic rings. The molecule has 1 saturated carbocycles. The minimum absolute atomic E-state index is 0.0503. The van der Waals surface area contributed by atoms with E-state index in [1.165, 1.54) is 0 Å². The number of benzene rings is 1. The number of aromatic nitrogens is 2. The van der Waals surface area contributed by atoms with Gasteiger partial charge in [-0.2, -0.15) is 0 Å². The first-order chi connectivity index (χ1) is 16.8. The molecule has 0 spiro atoms. The molecule has 1 aliphatic carbocycles. The summed E-state index contributed by atoms with van der Waals surface area (Å²) in [5.74, 6) is 1.32. The quantitative estimate of drug-likeness (QED) is 0.534. The molecule has 0 radical (unpaired) electrons. The number of morpholine rings is 1. The molecule has 0 unspecified atom stereocenters. The summed E-state index contributed by atoms with van der Waals surface area (Å²) in [5.41, 5.74) is 3.35. The van der Waals surface area contributed by atoms with Crippen LogP contribution in [-0.2, 0) is 9.47 Å². The number of hydrogen-bond acceptors (Lipinski definition) is 7. The van der Waals surface area contributed by atoms with Crippen molar-refractivity contribution in [2.75, 3.05) is 37.8 Å². The van der Waals surface area contributed by atoms with Crippen molar-refractivity contribution in [1.82, 2.24) is 15.3 Å². The summed E-state index contributed by atoms with van der Waals surface area (Å²) in [6.45, 7) is 13.6. The fourth-order valence-electron chi connectivity index (χ4n) is 3.87. The number of hydrogen-bond donors (Lipinski definition) is 1. The Hall–Kier alpha value is -2.84. The molecular formula is C27H37N5O3. The Morgan fingerprint density at radius 2 is 2.00 bits per heavy atom. The molecule has 1 amide bonds. The molecule has 2 heterocycles. The van der Waals surface area contributed by atoms with Gasteiger partial charge in [-0.25, -0.2) is 15.0 Å². The van der Waals surface area contributed by atoms with Crippen LogP contribution in [0, 0.1) is 6.92 Å². The van der Waals surface area contributed by atoms with Crippen LogP contribution >= 0.6 is 0 Å². The highest BCUT2D eigenvalue weighted by molar-refractivity contribution is 5.96. The molecule has 8 heteroatoms. The lowest BCUT2D eigenvalue weighted by molar-refractivity contribution is 0.0348. The van der Waals surface area contributed by atoms with E-state index < -0.39 is 5.60 Å². The third-order valence-corrected chi connectivity index (χ3v) is 6.46. The maximum Gasteiger partial charge on any atom is 0.251 e. The third kappa shape index (κ3) is 6.24. The Labute approximate surface area is 208 Å². The van der Waals surface area contributed by atoms with Crippen molar-refractivity contribution in [2.45, 2.75) is 65.5 Å². The van der Waals surface area contributed by atoms with Crippen molar-refractivity contribution >= 4 is 23.1 Å². The summed E-state index contributed by atoms with van der Waals surface area (Å²) in [6, 6.07) is 7.84. The first kappa shape index (κ1) is 25.3. The lowest BCUT2D eigenvalue weighted by atomic mass is 10.0. The predicted octanol–water partition coefficient (Wildman–Crippen LogP) is 4.48. The second-order valence-electron chi connectivity index (χ2n) is 9.79. The molecule has 0 atom stereocenters. The number of aliphatic imine (C=N–C) groups is 1. The van der Waals surface area contributed by atoms with Gasteiger partial charge in [0.2, 0.25) is 0 Å². The van der Waals surface area contributed by atoms with Gasteiger partial charge >= 0.3 is 0 Å². The van der Waals surface area contributed by atoms with E-state index in [1.54, 1.807) is 0 Å². The highest BCUT2D eigenvalue weighted by atomic mass is 16.5. The number of nitrogens with one attached hydrogen (secondary N) is 1. The van der Waals surface area contributed by atoms with Crippen LogP contribution in [-0.4, -0.2) is 66.1 Å². The van der Waals surface area contributed by atoms with E-state index in [0.29, 0.717) is 37.3 Å². The van der Waals surface area contributed by atoms with Crippen molar-refractivity contribution in [3.63, 3.8) is 0 Å². The number of aryl methyl sites for hydroxylation is 1. The number of nitrogens with zero attached hydrogens (tertiary/aromatic N) is 4. The van der Waals surface area contributed by atoms with Crippen LogP contribution in [0.4, 0.5) is 11.5 Å². The molecule has 35 heavy (non-hydrogen) atoms. The van der Waals surface area contributed by atoms with Gasteiger partial charge < -0.3 is 19.7 Å². The molecule has 1 aliphatic heterocycles. The van der Waals surface area contributed by atoms with Gasteiger partial charge in [-0.1, -0.05) is 19.1 Å². The third-order valence-electron chi connectivity index (χ3n) is 6.46. The lowest BCUT2D eigenvalue weighted by Gasteiger charge is -2.30. The Bertz CT molecular complexity index is 1090. The second kappa shape index (κ2) is 10.8. The van der Waals surface area contributed by atoms with Crippen LogP contribution in [0.2, 0.25) is 0 Å². The monoisotopic (exact) mass is 479 g/mol. The molecular weight excluding hydrogens is 442 g/mol. The van der Waals surface area contributed by atoms with E-state index in [-0.39, 0.29) is 5.91 Å². The molecule has 8 nitrogen and oxygen atoms in total. The van der Waals surface area contributed by atoms with Crippen molar-refractivity contribution in [1.29, 1.82) is 0 Å². The van der Waals surface area contributed by atoms with Crippen LogP contribution in [0.3, 0.4) is 0 Å². The SMILES string of the molecule is CCCOC(C)(C)C(C)=Nc1c(C)nc(-c2cccc(C(=O)NC3CC3)c2)nc1N1CCOCC1. The maximum atomic E-state index is 12.6. The molecule has 1 aromatic carbocycles. The predicted molar refractivity (Wildman–Crippen MR) is 139 cm³/mol. The Kier molecular flexibility index (Phi) is 7.82. The molecule has 2 aliphatic rings. The van der Waals surface area contributed by atoms with E-state index in [9.17, 15) is 4.79 Å². The number of carbonyl (C=O) groups excluding carboxylic acids is 1. The molecule has 1 aromatic heterocycles. The highest BCUT2D eigenvalue weighted by Crippen LogP contribution is 2.34. The van der Waals surface area contributed by atoms with Crippen LogP contribution < -0.4 is 10.2 Å². The first-order valence-corrected chi connectivity index (χ1v) is 12.6. The Morgan fingerprint density at radius 1 is 1.26 bits per heavy atom. The molecule has 0 bridgehead atoms. The van der Waals surface area contributed by atoms with Gasteiger partial charge in [0.15, 0.2) is 11.6 Å². The molecule has 4 rings (SSSR count). The number of anilines is 1. The normalized spacial score (nSPS) is 16.9. The van der Waals surface area contributed by atoms with Crippen molar-refractivity contribution in [3.8, 4) is 11.4 Å². The number of ether oxygens (including phenoxy) is 2. The average molecular weight is 480 g/mol. The maximum absolute atomic E-state index is 12.6. The zero-order chi connectivity index (χ0) is 25.0. The lowest BCUT2D eigenvalue weighted by Crippen LogP contribution is -2.37. The zero-order valence-electron chi connectivity index (χ0n) is 21.6. The molecule has 2 fully saturated rings. The topological polar surface area (TPSA) is 88.9 Å². The van der Waals surface area contributed by atoms with Crippen LogP contribution in [0.5, 0.6) is 0 Å². The summed E-state index contributed by atoms with van der Waals surface area (Å²) >= 11 is 0. The van der Waals surface area contributed by atoms with Gasteiger partial charge in [0, 0.05) is 42.6 Å². The van der Waals surface area contributed by atoms with E-state index in [1.807, 2.05) is 52.0 Å². The highest BCUT2D eigenvalue weighted by Gasteiger charge is 2.26. The number of rotatable bonds is 9. The van der Waals surface area contributed by atoms with E-state index in [2.05, 4.69) is 17.1 Å². The van der Waals surface area contributed by atoms with Gasteiger partial charge in [0.25, 0.3) is 5.91 Å². The minimum Gasteiger partial charge on any atom is -0.378 e. The zero-order valence-corrected chi connectivity index (χ0v) is 21.6. The van der Waals surface area contributed by atoms with Crippen molar-refractivity contribution in [2.24, 2.45) is 4.99 Å². The number of carbonyl (C=O) groups is 1. The largest absolute Gasteiger partial charge is 0.378 e. The summed E-state index contributed by atoms with van der Waals surface area (Å²) in [5, 5.41) is 3.05. The van der Waals surface area contributed by atoms with Gasteiger partial charge in [0.05, 0.1) is 18.9 Å². The summed E-state index contributed by atoms with van der Waals surface area (Å²) in [4.78, 5) is 29.6.